The van der Waals surface area contributed by atoms with Gasteiger partial charge in [-0.3, -0.25) is 0 Å². The van der Waals surface area contributed by atoms with Crippen LogP contribution in [0.5, 0.6) is 0 Å². The van der Waals surface area contributed by atoms with Crippen molar-refractivity contribution in [2.75, 3.05) is 0 Å². The Kier molecular flexibility index (Phi) is 3.75. The van der Waals surface area contributed by atoms with Crippen LogP contribution >= 0.6 is 15.9 Å². The van der Waals surface area contributed by atoms with Crippen molar-refractivity contribution in [1.82, 2.24) is 20.3 Å². The number of benzene rings is 1. The van der Waals surface area contributed by atoms with Crippen molar-refractivity contribution in [2.45, 2.75) is 31.6 Å². The molecule has 0 atom stereocenters. The fourth-order valence-corrected chi connectivity index (χ4v) is 2.33. The van der Waals surface area contributed by atoms with Gasteiger partial charge >= 0.3 is 6.18 Å². The predicted molar refractivity (Wildman–Crippen MR) is 73.9 cm³/mol. The van der Waals surface area contributed by atoms with Crippen LogP contribution in [0.25, 0.3) is 5.69 Å². The van der Waals surface area contributed by atoms with Crippen LogP contribution in [0.15, 0.2) is 28.9 Å². The zero-order valence-corrected chi connectivity index (χ0v) is 12.4. The monoisotopic (exact) mass is 360 g/mol. The molecular formula is C13H12BrF3N4. The Morgan fingerprint density at radius 1 is 1.33 bits per heavy atom. The summed E-state index contributed by atoms with van der Waals surface area (Å²) < 4.78 is 40.8. The van der Waals surface area contributed by atoms with Crippen molar-refractivity contribution >= 4 is 15.9 Å². The molecule has 2 aromatic rings. The first kappa shape index (κ1) is 14.5. The Morgan fingerprint density at radius 3 is 2.76 bits per heavy atom. The average Bonchev–Trinajstić information content (AvgIpc) is 3.13. The van der Waals surface area contributed by atoms with Gasteiger partial charge in [0.15, 0.2) is 0 Å². The van der Waals surface area contributed by atoms with Crippen LogP contribution in [0.1, 0.15) is 24.1 Å². The maximum absolute atomic E-state index is 13.1. The van der Waals surface area contributed by atoms with Crippen LogP contribution in [-0.2, 0) is 12.7 Å². The molecule has 3 rings (SSSR count). The highest BCUT2D eigenvalue weighted by Crippen LogP contribution is 2.35. The van der Waals surface area contributed by atoms with Crippen molar-refractivity contribution in [3.8, 4) is 5.69 Å². The lowest BCUT2D eigenvalue weighted by atomic mass is 10.1. The molecule has 1 aromatic carbocycles. The van der Waals surface area contributed by atoms with Gasteiger partial charge in [0.1, 0.15) is 0 Å². The van der Waals surface area contributed by atoms with Crippen molar-refractivity contribution < 1.29 is 13.2 Å². The largest absolute Gasteiger partial charge is 0.418 e. The van der Waals surface area contributed by atoms with Gasteiger partial charge in [0.25, 0.3) is 0 Å². The van der Waals surface area contributed by atoms with Gasteiger partial charge in [-0.05, 0) is 31.0 Å². The standard InChI is InChI=1S/C13H12BrF3N4/c14-8-1-4-12(11(5-8)13(15,16)17)21-7-10(19-20-21)6-18-9-2-3-9/h1,4-5,7,9,18H,2-3,6H2. The maximum Gasteiger partial charge on any atom is 0.418 e. The second kappa shape index (κ2) is 5.42. The molecule has 0 bridgehead atoms. The minimum atomic E-state index is -4.45. The third kappa shape index (κ3) is 3.44. The molecule has 1 fully saturated rings. The molecule has 21 heavy (non-hydrogen) atoms. The summed E-state index contributed by atoms with van der Waals surface area (Å²) in [5, 5.41) is 11.0. The van der Waals surface area contributed by atoms with Crippen LogP contribution in [0.3, 0.4) is 0 Å². The molecule has 0 spiro atoms. The van der Waals surface area contributed by atoms with Gasteiger partial charge < -0.3 is 5.32 Å². The first-order valence-corrected chi connectivity index (χ1v) is 7.24. The van der Waals surface area contributed by atoms with Gasteiger partial charge in [0.05, 0.1) is 23.1 Å². The average molecular weight is 361 g/mol. The van der Waals surface area contributed by atoms with Gasteiger partial charge in [-0.2, -0.15) is 13.2 Å². The van der Waals surface area contributed by atoms with Crippen molar-refractivity contribution in [1.29, 1.82) is 0 Å². The fourth-order valence-electron chi connectivity index (χ4n) is 1.97. The summed E-state index contributed by atoms with van der Waals surface area (Å²) in [6, 6.07) is 4.47. The quantitative estimate of drug-likeness (QED) is 0.909. The number of halogens is 4. The molecule has 1 aliphatic carbocycles. The van der Waals surface area contributed by atoms with Gasteiger partial charge in [0.2, 0.25) is 0 Å². The summed E-state index contributed by atoms with van der Waals surface area (Å²) in [5.41, 5.74) is -0.155. The summed E-state index contributed by atoms with van der Waals surface area (Å²) in [7, 11) is 0. The second-order valence-corrected chi connectivity index (χ2v) is 5.88. The first-order valence-electron chi connectivity index (χ1n) is 6.45. The molecule has 0 aliphatic heterocycles. The van der Waals surface area contributed by atoms with Gasteiger partial charge in [-0.15, -0.1) is 5.10 Å². The molecule has 0 unspecified atom stereocenters. The molecule has 1 aromatic heterocycles. The summed E-state index contributed by atoms with van der Waals surface area (Å²) in [5.74, 6) is 0. The lowest BCUT2D eigenvalue weighted by Gasteiger charge is -2.12. The summed E-state index contributed by atoms with van der Waals surface area (Å²) in [6.07, 6.45) is -0.649. The Morgan fingerprint density at radius 2 is 2.10 bits per heavy atom. The summed E-state index contributed by atoms with van der Waals surface area (Å²) >= 11 is 3.06. The van der Waals surface area contributed by atoms with E-state index in [1.165, 1.54) is 16.9 Å². The van der Waals surface area contributed by atoms with E-state index in [4.69, 9.17) is 0 Å². The molecule has 8 heteroatoms. The number of nitrogens with one attached hydrogen (secondary N) is 1. The minimum Gasteiger partial charge on any atom is -0.308 e. The topological polar surface area (TPSA) is 42.7 Å². The maximum atomic E-state index is 13.1. The van der Waals surface area contributed by atoms with E-state index in [1.54, 1.807) is 6.07 Å². The predicted octanol–water partition coefficient (Wildman–Crippen LogP) is 3.30. The third-order valence-electron chi connectivity index (χ3n) is 3.20. The highest BCUT2D eigenvalue weighted by molar-refractivity contribution is 9.10. The molecule has 112 valence electrons. The van der Waals surface area contributed by atoms with Crippen LogP contribution in [0.2, 0.25) is 0 Å². The van der Waals surface area contributed by atoms with E-state index in [9.17, 15) is 13.2 Å². The van der Waals surface area contributed by atoms with Crippen molar-refractivity contribution in [3.63, 3.8) is 0 Å². The van der Waals surface area contributed by atoms with E-state index in [2.05, 4.69) is 31.6 Å². The molecule has 0 radical (unpaired) electrons. The smallest absolute Gasteiger partial charge is 0.308 e. The second-order valence-electron chi connectivity index (χ2n) is 4.97. The van der Waals surface area contributed by atoms with E-state index in [-0.39, 0.29) is 5.69 Å². The highest BCUT2D eigenvalue weighted by atomic mass is 79.9. The SMILES string of the molecule is FC(F)(F)c1cc(Br)ccc1-n1cc(CNC2CC2)nn1. The molecular weight excluding hydrogens is 349 g/mol. The number of aromatic nitrogens is 3. The number of rotatable bonds is 4. The van der Waals surface area contributed by atoms with E-state index in [1.807, 2.05) is 0 Å². The van der Waals surface area contributed by atoms with E-state index in [0.717, 1.165) is 18.9 Å². The first-order chi connectivity index (χ1) is 9.93. The molecule has 1 heterocycles. The fraction of sp³-hybridized carbons (Fsp3) is 0.385. The normalized spacial score (nSPS) is 15.4. The van der Waals surface area contributed by atoms with Crippen LogP contribution in [0, 0.1) is 0 Å². The van der Waals surface area contributed by atoms with Crippen LogP contribution in [0.4, 0.5) is 13.2 Å². The minimum absolute atomic E-state index is 0.0316. The molecule has 0 amide bonds. The Labute approximate surface area is 127 Å². The lowest BCUT2D eigenvalue weighted by molar-refractivity contribution is -0.137. The molecule has 0 saturated heterocycles. The van der Waals surface area contributed by atoms with Crippen LogP contribution in [-0.4, -0.2) is 21.0 Å². The number of alkyl halides is 3. The van der Waals surface area contributed by atoms with Crippen molar-refractivity contribution in [3.05, 3.63) is 40.1 Å². The van der Waals surface area contributed by atoms with Gasteiger partial charge in [-0.25, -0.2) is 4.68 Å². The number of hydrogen-bond acceptors (Lipinski definition) is 3. The molecule has 1 saturated carbocycles. The highest BCUT2D eigenvalue weighted by Gasteiger charge is 2.34. The summed E-state index contributed by atoms with van der Waals surface area (Å²) in [4.78, 5) is 0. The Hall–Kier alpha value is -1.41. The van der Waals surface area contributed by atoms with E-state index in [0.29, 0.717) is 22.8 Å². The van der Waals surface area contributed by atoms with E-state index >= 15 is 0 Å². The Balaban J connectivity index is 1.88. The summed E-state index contributed by atoms with van der Waals surface area (Å²) in [6.45, 7) is 0.516. The van der Waals surface area contributed by atoms with E-state index < -0.39 is 11.7 Å². The van der Waals surface area contributed by atoms with Crippen molar-refractivity contribution in [2.24, 2.45) is 0 Å². The molecule has 4 nitrogen and oxygen atoms in total. The number of nitrogens with zero attached hydrogens (tertiary/aromatic N) is 3. The zero-order valence-electron chi connectivity index (χ0n) is 10.9. The Bertz CT molecular complexity index is 649. The molecule has 1 aliphatic rings. The molecule has 1 N–H and O–H groups in total. The third-order valence-corrected chi connectivity index (χ3v) is 3.69. The van der Waals surface area contributed by atoms with Gasteiger partial charge in [-0.1, -0.05) is 21.1 Å². The number of hydrogen-bond donors (Lipinski definition) is 1. The lowest BCUT2D eigenvalue weighted by Crippen LogP contribution is -2.15. The van der Waals surface area contributed by atoms with Gasteiger partial charge in [0, 0.05) is 17.1 Å². The van der Waals surface area contributed by atoms with Crippen LogP contribution < -0.4 is 5.32 Å². The zero-order chi connectivity index (χ0) is 15.0.